The van der Waals surface area contributed by atoms with Crippen LogP contribution in [0, 0.1) is 17.1 Å². The smallest absolute Gasteiger partial charge is 0.335 e. The number of fused-ring (bicyclic) bond motifs is 1. The highest BCUT2D eigenvalue weighted by atomic mass is 19.1. The Morgan fingerprint density at radius 1 is 1.18 bits per heavy atom. The number of likely N-dealkylation sites (tertiary alicyclic amines) is 1. The Kier molecular flexibility index (Phi) is 7.20. The van der Waals surface area contributed by atoms with Gasteiger partial charge in [-0.25, -0.2) is 14.2 Å². The molecule has 1 N–H and O–H groups in total. The molecule has 2 fully saturated rings. The molecule has 204 valence electrons. The van der Waals surface area contributed by atoms with Crippen LogP contribution in [-0.2, 0) is 24.4 Å². The summed E-state index contributed by atoms with van der Waals surface area (Å²) in [5.41, 5.74) is 4.30. The van der Waals surface area contributed by atoms with Crippen LogP contribution < -0.4 is 4.74 Å². The third-order valence-electron chi connectivity index (χ3n) is 7.77. The second kappa shape index (κ2) is 11.1. The zero-order valence-electron chi connectivity index (χ0n) is 21.9. The van der Waals surface area contributed by atoms with Gasteiger partial charge in [0.05, 0.1) is 47.4 Å². The monoisotopic (exact) mass is 540 g/mol. The normalized spacial score (nSPS) is 18.9. The molecular weight excluding hydrogens is 511 g/mol. The minimum Gasteiger partial charge on any atom is -0.486 e. The van der Waals surface area contributed by atoms with E-state index < -0.39 is 11.8 Å². The van der Waals surface area contributed by atoms with Crippen molar-refractivity contribution in [1.29, 1.82) is 5.26 Å². The van der Waals surface area contributed by atoms with Gasteiger partial charge in [0.2, 0.25) is 0 Å². The summed E-state index contributed by atoms with van der Waals surface area (Å²) < 4.78 is 27.7. The van der Waals surface area contributed by atoms with E-state index in [1.165, 1.54) is 17.7 Å². The van der Waals surface area contributed by atoms with Gasteiger partial charge in [-0.2, -0.15) is 5.26 Å². The van der Waals surface area contributed by atoms with Crippen LogP contribution in [0.2, 0.25) is 0 Å². The zero-order valence-corrected chi connectivity index (χ0v) is 21.9. The minimum absolute atomic E-state index is 0.124. The van der Waals surface area contributed by atoms with Gasteiger partial charge in [-0.1, -0.05) is 24.3 Å². The molecular formula is C31H29FN4O4. The molecule has 2 saturated heterocycles. The lowest BCUT2D eigenvalue weighted by Gasteiger charge is -2.28. The molecule has 0 radical (unpaired) electrons. The Hall–Kier alpha value is -4.26. The molecule has 0 unspecified atom stereocenters. The van der Waals surface area contributed by atoms with E-state index in [1.807, 2.05) is 18.2 Å². The fourth-order valence-electron chi connectivity index (χ4n) is 5.50. The fourth-order valence-corrected chi connectivity index (χ4v) is 5.50. The van der Waals surface area contributed by atoms with Crippen molar-refractivity contribution in [2.24, 2.45) is 0 Å². The summed E-state index contributed by atoms with van der Waals surface area (Å²) in [6.07, 6.45) is 2.11. The number of carboxylic acids is 1. The van der Waals surface area contributed by atoms with Crippen molar-refractivity contribution < 1.29 is 23.8 Å². The van der Waals surface area contributed by atoms with Crippen molar-refractivity contribution in [1.82, 2.24) is 14.5 Å². The zero-order chi connectivity index (χ0) is 27.6. The first-order valence-corrected chi connectivity index (χ1v) is 13.4. The van der Waals surface area contributed by atoms with Crippen molar-refractivity contribution in [3.05, 3.63) is 94.6 Å². The molecule has 2 aliphatic heterocycles. The summed E-state index contributed by atoms with van der Waals surface area (Å²) in [7, 11) is 0. The second-order valence-electron chi connectivity index (χ2n) is 10.4. The maximum atomic E-state index is 14.2. The molecule has 0 saturated carbocycles. The number of carbonyl (C=O) groups is 1. The summed E-state index contributed by atoms with van der Waals surface area (Å²) in [4.78, 5) is 18.8. The molecule has 6 rings (SSSR count). The van der Waals surface area contributed by atoms with Gasteiger partial charge < -0.3 is 19.1 Å². The number of hydrogen-bond acceptors (Lipinski definition) is 6. The van der Waals surface area contributed by atoms with Gasteiger partial charge in [0, 0.05) is 13.2 Å². The molecule has 40 heavy (non-hydrogen) atoms. The van der Waals surface area contributed by atoms with Gasteiger partial charge in [-0.3, -0.25) is 4.90 Å². The summed E-state index contributed by atoms with van der Waals surface area (Å²) in [5, 5.41) is 18.4. The third kappa shape index (κ3) is 5.41. The highest BCUT2D eigenvalue weighted by Crippen LogP contribution is 2.30. The third-order valence-corrected chi connectivity index (χ3v) is 7.77. The molecule has 3 heterocycles. The number of ether oxygens (including phenoxy) is 2. The van der Waals surface area contributed by atoms with Crippen molar-refractivity contribution >= 4 is 17.0 Å². The number of aromatic carboxylic acids is 1. The van der Waals surface area contributed by atoms with Gasteiger partial charge in [0.25, 0.3) is 0 Å². The average Bonchev–Trinajstić information content (AvgIpc) is 3.54. The Morgan fingerprint density at radius 3 is 2.80 bits per heavy atom. The summed E-state index contributed by atoms with van der Waals surface area (Å²) in [5.74, 6) is -0.107. The molecule has 0 amide bonds. The van der Waals surface area contributed by atoms with Crippen LogP contribution >= 0.6 is 0 Å². The predicted octanol–water partition coefficient (Wildman–Crippen LogP) is 5.10. The lowest BCUT2D eigenvalue weighted by Crippen LogP contribution is -2.32. The van der Waals surface area contributed by atoms with E-state index in [0.29, 0.717) is 19.0 Å². The van der Waals surface area contributed by atoms with Crippen molar-refractivity contribution in [2.75, 3.05) is 19.7 Å². The van der Waals surface area contributed by atoms with Gasteiger partial charge in [0.15, 0.2) is 11.6 Å². The van der Waals surface area contributed by atoms with E-state index in [4.69, 9.17) is 19.7 Å². The Bertz CT molecular complexity index is 1610. The average molecular weight is 541 g/mol. The molecule has 2 aliphatic rings. The number of hydrogen-bond donors (Lipinski definition) is 1. The molecule has 4 aromatic rings. The predicted molar refractivity (Wildman–Crippen MR) is 146 cm³/mol. The maximum Gasteiger partial charge on any atom is 0.335 e. The molecule has 0 aliphatic carbocycles. The van der Waals surface area contributed by atoms with E-state index in [1.54, 1.807) is 24.3 Å². The largest absolute Gasteiger partial charge is 0.486 e. The number of carboxylic acid groups (broad SMARTS) is 1. The number of nitriles is 1. The summed E-state index contributed by atoms with van der Waals surface area (Å²) >= 11 is 0. The number of benzene rings is 3. The molecule has 1 aromatic heterocycles. The Morgan fingerprint density at radius 2 is 2.05 bits per heavy atom. The summed E-state index contributed by atoms with van der Waals surface area (Å²) in [6, 6.07) is 19.4. The first-order valence-electron chi connectivity index (χ1n) is 13.4. The molecule has 3 aromatic carbocycles. The van der Waals surface area contributed by atoms with Crippen LogP contribution in [0.5, 0.6) is 5.75 Å². The van der Waals surface area contributed by atoms with E-state index in [-0.39, 0.29) is 29.6 Å². The quantitative estimate of drug-likeness (QED) is 0.315. The van der Waals surface area contributed by atoms with E-state index >= 15 is 0 Å². The van der Waals surface area contributed by atoms with Gasteiger partial charge in [-0.15, -0.1) is 0 Å². The lowest BCUT2D eigenvalue weighted by atomic mass is 9.97. The van der Waals surface area contributed by atoms with Crippen LogP contribution in [0.25, 0.3) is 11.0 Å². The molecule has 2 atom stereocenters. The highest BCUT2D eigenvalue weighted by molar-refractivity contribution is 5.92. The van der Waals surface area contributed by atoms with Crippen LogP contribution in [-0.4, -0.2) is 51.3 Å². The minimum atomic E-state index is -0.951. The highest BCUT2D eigenvalue weighted by Gasteiger charge is 2.27. The van der Waals surface area contributed by atoms with E-state index in [9.17, 15) is 14.3 Å². The van der Waals surface area contributed by atoms with E-state index in [2.05, 4.69) is 21.6 Å². The Balaban J connectivity index is 1.14. The molecule has 0 bridgehead atoms. The molecule has 9 heteroatoms. The lowest BCUT2D eigenvalue weighted by molar-refractivity contribution is -0.0591. The number of aromatic nitrogens is 2. The first-order chi connectivity index (χ1) is 19.5. The SMILES string of the molecule is N#Cc1ccc(OCc2cccc([C@H]3CCN(Cc4nc5ccc(C(=O)O)cc5n4C[C@@H]4CCO4)C3)c2)c(F)c1. The standard InChI is InChI=1S/C31H29FN4O4/c32-26-13-20(15-33)4-7-29(26)40-19-21-2-1-3-22(12-21)24-8-10-35(16-24)18-30-34-27-6-5-23(31(37)38)14-28(27)36(30)17-25-9-11-39-25/h1-7,12-14,24-25H,8-11,16-19H2,(H,37,38)/t24-,25-/m0/s1. The number of imidazole rings is 1. The van der Waals surface area contributed by atoms with Crippen LogP contribution in [0.4, 0.5) is 4.39 Å². The van der Waals surface area contributed by atoms with E-state index in [0.717, 1.165) is 55.0 Å². The van der Waals surface area contributed by atoms with Gasteiger partial charge in [0.1, 0.15) is 12.4 Å². The van der Waals surface area contributed by atoms with Crippen molar-refractivity contribution in [3.63, 3.8) is 0 Å². The van der Waals surface area contributed by atoms with Crippen molar-refractivity contribution in [3.8, 4) is 11.8 Å². The fraction of sp³-hybridized carbons (Fsp3) is 0.323. The summed E-state index contributed by atoms with van der Waals surface area (Å²) in [6.45, 7) is 4.12. The van der Waals surface area contributed by atoms with Gasteiger partial charge >= 0.3 is 5.97 Å². The van der Waals surface area contributed by atoms with Crippen molar-refractivity contribution in [2.45, 2.75) is 44.6 Å². The number of nitrogens with zero attached hydrogens (tertiary/aromatic N) is 4. The topological polar surface area (TPSA) is 101 Å². The number of rotatable bonds is 9. The maximum absolute atomic E-state index is 14.2. The molecule has 8 nitrogen and oxygen atoms in total. The molecule has 0 spiro atoms. The van der Waals surface area contributed by atoms with Crippen LogP contribution in [0.3, 0.4) is 0 Å². The van der Waals surface area contributed by atoms with Crippen LogP contribution in [0.1, 0.15) is 51.6 Å². The Labute approximate surface area is 231 Å². The van der Waals surface area contributed by atoms with Crippen LogP contribution in [0.15, 0.2) is 60.7 Å². The second-order valence-corrected chi connectivity index (χ2v) is 10.4. The van der Waals surface area contributed by atoms with Gasteiger partial charge in [-0.05, 0) is 72.8 Å². The number of halogens is 1. The first kappa shape index (κ1) is 26.0.